The summed E-state index contributed by atoms with van der Waals surface area (Å²) in [5.74, 6) is 0.987. The normalized spacial score (nSPS) is 19.6. The van der Waals surface area contributed by atoms with Crippen LogP contribution in [0.3, 0.4) is 0 Å². The molecule has 0 aliphatic carbocycles. The van der Waals surface area contributed by atoms with Gasteiger partial charge < -0.3 is 10.1 Å². The molecule has 1 aromatic rings. The minimum Gasteiger partial charge on any atom is -0.496 e. The zero-order valence-corrected chi connectivity index (χ0v) is 12.6. The van der Waals surface area contributed by atoms with Crippen molar-refractivity contribution < 1.29 is 9.53 Å². The van der Waals surface area contributed by atoms with Crippen LogP contribution in [0.25, 0.3) is 0 Å². The molecule has 1 N–H and O–H groups in total. The highest BCUT2D eigenvalue weighted by atomic mass is 16.5. The second kappa shape index (κ2) is 6.75. The number of amides is 1. The molecule has 1 unspecified atom stereocenters. The minimum atomic E-state index is 0.0135. The highest BCUT2D eigenvalue weighted by molar-refractivity contribution is 5.81. The van der Waals surface area contributed by atoms with E-state index in [1.165, 1.54) is 6.42 Å². The van der Waals surface area contributed by atoms with Crippen molar-refractivity contribution in [1.29, 1.82) is 0 Å². The summed E-state index contributed by atoms with van der Waals surface area (Å²) in [4.78, 5) is 14.4. The van der Waals surface area contributed by atoms with Crippen molar-refractivity contribution in [3.63, 3.8) is 0 Å². The largest absolute Gasteiger partial charge is 0.496 e. The lowest BCUT2D eigenvalue weighted by molar-refractivity contribution is -0.127. The maximum atomic E-state index is 12.3. The van der Waals surface area contributed by atoms with Crippen molar-refractivity contribution in [1.82, 2.24) is 10.2 Å². The molecule has 1 aromatic carbocycles. The van der Waals surface area contributed by atoms with Gasteiger partial charge in [-0.3, -0.25) is 9.69 Å². The predicted molar refractivity (Wildman–Crippen MR) is 79.8 cm³/mol. The van der Waals surface area contributed by atoms with Crippen LogP contribution in [-0.2, 0) is 11.3 Å². The number of benzene rings is 1. The molecule has 0 bridgehead atoms. The number of methoxy groups -OCH3 is 1. The maximum Gasteiger partial charge on any atom is 0.237 e. The molecule has 0 saturated carbocycles. The fourth-order valence-electron chi connectivity index (χ4n) is 2.85. The molecule has 1 atom stereocenters. The first-order valence-corrected chi connectivity index (χ1v) is 7.24. The molecule has 1 aliphatic heterocycles. The fourth-order valence-corrected chi connectivity index (χ4v) is 2.85. The highest BCUT2D eigenvalue weighted by Crippen LogP contribution is 2.23. The predicted octanol–water partition coefficient (Wildman–Crippen LogP) is 2.10. The Kier molecular flexibility index (Phi) is 5.01. The fraction of sp³-hybridized carbons (Fsp3) is 0.562. The summed E-state index contributed by atoms with van der Waals surface area (Å²) < 4.78 is 5.41. The lowest BCUT2D eigenvalue weighted by atomic mass is 10.0. The first kappa shape index (κ1) is 14.9. The smallest absolute Gasteiger partial charge is 0.237 e. The van der Waals surface area contributed by atoms with Crippen LogP contribution < -0.4 is 10.1 Å². The minimum absolute atomic E-state index is 0.0135. The summed E-state index contributed by atoms with van der Waals surface area (Å²) in [7, 11) is 3.69. The SMILES string of the molecule is COc1c(C)cccc1CNC(=O)C1CCCCN1C. The lowest BCUT2D eigenvalue weighted by Crippen LogP contribution is -2.47. The molecule has 1 amide bonds. The van der Waals surface area contributed by atoms with E-state index in [0.29, 0.717) is 6.54 Å². The van der Waals surface area contributed by atoms with E-state index in [2.05, 4.69) is 10.2 Å². The zero-order chi connectivity index (χ0) is 14.5. The number of para-hydroxylation sites is 1. The van der Waals surface area contributed by atoms with Gasteiger partial charge >= 0.3 is 0 Å². The number of ether oxygens (including phenoxy) is 1. The molecule has 1 saturated heterocycles. The summed E-state index contributed by atoms with van der Waals surface area (Å²) in [6.07, 6.45) is 3.27. The van der Waals surface area contributed by atoms with Crippen molar-refractivity contribution in [3.8, 4) is 5.75 Å². The van der Waals surface area contributed by atoms with Crippen LogP contribution in [0.15, 0.2) is 18.2 Å². The average Bonchev–Trinajstić information content (AvgIpc) is 2.45. The van der Waals surface area contributed by atoms with E-state index in [1.807, 2.05) is 32.2 Å². The summed E-state index contributed by atoms with van der Waals surface area (Å²) >= 11 is 0. The van der Waals surface area contributed by atoms with Crippen LogP contribution in [0.4, 0.5) is 0 Å². The Morgan fingerprint density at radius 2 is 2.25 bits per heavy atom. The molecule has 0 spiro atoms. The van der Waals surface area contributed by atoms with Gasteiger partial charge in [-0.15, -0.1) is 0 Å². The quantitative estimate of drug-likeness (QED) is 0.915. The number of rotatable bonds is 4. The van der Waals surface area contributed by atoms with Gasteiger partial charge in [0.05, 0.1) is 13.2 Å². The lowest BCUT2D eigenvalue weighted by Gasteiger charge is -2.31. The van der Waals surface area contributed by atoms with Crippen LogP contribution >= 0.6 is 0 Å². The molecule has 1 aliphatic rings. The van der Waals surface area contributed by atoms with Crippen LogP contribution in [0, 0.1) is 6.92 Å². The number of carbonyl (C=O) groups excluding carboxylic acids is 1. The van der Waals surface area contributed by atoms with E-state index >= 15 is 0 Å². The number of carbonyl (C=O) groups is 1. The van der Waals surface area contributed by atoms with Gasteiger partial charge in [0.1, 0.15) is 5.75 Å². The number of nitrogens with zero attached hydrogens (tertiary/aromatic N) is 1. The number of likely N-dealkylation sites (tertiary alicyclic amines) is 1. The van der Waals surface area contributed by atoms with Crippen molar-refractivity contribution in [2.24, 2.45) is 0 Å². The van der Waals surface area contributed by atoms with Gasteiger partial charge in [-0.25, -0.2) is 0 Å². The van der Waals surface area contributed by atoms with Crippen molar-refractivity contribution >= 4 is 5.91 Å². The molecule has 1 heterocycles. The summed E-state index contributed by atoms with van der Waals surface area (Å²) in [6, 6.07) is 6.02. The van der Waals surface area contributed by atoms with Gasteiger partial charge in [0.15, 0.2) is 0 Å². The third-order valence-electron chi connectivity index (χ3n) is 4.02. The molecule has 1 fully saturated rings. The van der Waals surface area contributed by atoms with E-state index < -0.39 is 0 Å². The number of aryl methyl sites for hydroxylation is 1. The standard InChI is InChI=1S/C16H24N2O2/c1-12-7-6-8-13(15(12)20-3)11-17-16(19)14-9-4-5-10-18(14)2/h6-8,14H,4-5,9-11H2,1-3H3,(H,17,19). The Morgan fingerprint density at radius 1 is 1.45 bits per heavy atom. The van der Waals surface area contributed by atoms with E-state index in [0.717, 1.165) is 36.3 Å². The van der Waals surface area contributed by atoms with Gasteiger partial charge in [0.25, 0.3) is 0 Å². The summed E-state index contributed by atoms with van der Waals surface area (Å²) in [5, 5.41) is 3.04. The topological polar surface area (TPSA) is 41.6 Å². The molecular formula is C16H24N2O2. The van der Waals surface area contributed by atoms with Crippen molar-refractivity contribution in [2.45, 2.75) is 38.8 Å². The molecule has 20 heavy (non-hydrogen) atoms. The van der Waals surface area contributed by atoms with E-state index in [1.54, 1.807) is 7.11 Å². The number of piperidine rings is 1. The van der Waals surface area contributed by atoms with E-state index in [4.69, 9.17) is 4.74 Å². The van der Waals surface area contributed by atoms with Gasteiger partial charge in [-0.1, -0.05) is 24.6 Å². The second-order valence-electron chi connectivity index (χ2n) is 5.48. The van der Waals surface area contributed by atoms with Crippen LogP contribution in [-0.4, -0.2) is 37.6 Å². The average molecular weight is 276 g/mol. The third-order valence-corrected chi connectivity index (χ3v) is 4.02. The van der Waals surface area contributed by atoms with Gasteiger partial charge in [0, 0.05) is 12.1 Å². The molecule has 4 heteroatoms. The Hall–Kier alpha value is -1.55. The van der Waals surface area contributed by atoms with Crippen LogP contribution in [0.1, 0.15) is 30.4 Å². The van der Waals surface area contributed by atoms with Crippen LogP contribution in [0.2, 0.25) is 0 Å². The number of hydrogen-bond donors (Lipinski definition) is 1. The maximum absolute atomic E-state index is 12.3. The first-order chi connectivity index (χ1) is 9.63. The zero-order valence-electron chi connectivity index (χ0n) is 12.6. The molecular weight excluding hydrogens is 252 g/mol. The third kappa shape index (κ3) is 3.31. The summed E-state index contributed by atoms with van der Waals surface area (Å²) in [6.45, 7) is 3.54. The molecule has 2 rings (SSSR count). The second-order valence-corrected chi connectivity index (χ2v) is 5.48. The molecule has 110 valence electrons. The summed E-state index contributed by atoms with van der Waals surface area (Å²) in [5.41, 5.74) is 2.12. The van der Waals surface area contributed by atoms with E-state index in [9.17, 15) is 4.79 Å². The van der Waals surface area contributed by atoms with Gasteiger partial charge in [0.2, 0.25) is 5.91 Å². The molecule has 0 aromatic heterocycles. The number of likely N-dealkylation sites (N-methyl/N-ethyl adjacent to an activating group) is 1. The highest BCUT2D eigenvalue weighted by Gasteiger charge is 2.25. The van der Waals surface area contributed by atoms with Crippen molar-refractivity contribution in [2.75, 3.05) is 20.7 Å². The number of nitrogens with one attached hydrogen (secondary N) is 1. The molecule has 4 nitrogen and oxygen atoms in total. The molecule has 0 radical (unpaired) electrons. The Bertz CT molecular complexity index is 474. The van der Waals surface area contributed by atoms with Crippen LogP contribution in [0.5, 0.6) is 5.75 Å². The van der Waals surface area contributed by atoms with Gasteiger partial charge in [-0.2, -0.15) is 0 Å². The monoisotopic (exact) mass is 276 g/mol. The Morgan fingerprint density at radius 3 is 2.95 bits per heavy atom. The number of hydrogen-bond acceptors (Lipinski definition) is 3. The Balaban J connectivity index is 1.98. The Labute approximate surface area is 121 Å². The first-order valence-electron chi connectivity index (χ1n) is 7.24. The van der Waals surface area contributed by atoms with E-state index in [-0.39, 0.29) is 11.9 Å². The van der Waals surface area contributed by atoms with Gasteiger partial charge in [-0.05, 0) is 38.9 Å². The van der Waals surface area contributed by atoms with Crippen molar-refractivity contribution in [3.05, 3.63) is 29.3 Å².